The van der Waals surface area contributed by atoms with Crippen LogP contribution in [0.4, 0.5) is 0 Å². The number of aryl methyl sites for hydroxylation is 1. The Kier molecular flexibility index (Phi) is 3.29. The fraction of sp³-hybridized carbons (Fsp3) is 0.250. The van der Waals surface area contributed by atoms with Crippen LogP contribution in [-0.2, 0) is 13.0 Å². The summed E-state index contributed by atoms with van der Waals surface area (Å²) in [6, 6.07) is 9.60. The normalized spacial score (nSPS) is 10.6. The van der Waals surface area contributed by atoms with Crippen LogP contribution in [0.3, 0.4) is 0 Å². The van der Waals surface area contributed by atoms with Gasteiger partial charge in [-0.15, -0.1) is 0 Å². The zero-order valence-corrected chi connectivity index (χ0v) is 10.6. The fourth-order valence-corrected chi connectivity index (χ4v) is 2.05. The van der Waals surface area contributed by atoms with Gasteiger partial charge in [-0.25, -0.2) is 4.68 Å². The standard InChI is InChI=1S/C12H13BrN2O/c1-2-11-7-12(16)15(14-11)8-9-4-3-5-10(13)6-9/h3-7,14H,2,8H2,1H3. The van der Waals surface area contributed by atoms with E-state index < -0.39 is 0 Å². The maximum absolute atomic E-state index is 11.6. The summed E-state index contributed by atoms with van der Waals surface area (Å²) in [5, 5.41) is 3.09. The Morgan fingerprint density at radius 1 is 1.38 bits per heavy atom. The molecule has 1 aromatic heterocycles. The van der Waals surface area contributed by atoms with E-state index in [0.717, 1.165) is 22.2 Å². The van der Waals surface area contributed by atoms with E-state index in [-0.39, 0.29) is 5.56 Å². The molecular weight excluding hydrogens is 268 g/mol. The molecule has 0 fully saturated rings. The van der Waals surface area contributed by atoms with Crippen molar-refractivity contribution in [3.8, 4) is 0 Å². The molecule has 1 N–H and O–H groups in total. The largest absolute Gasteiger partial charge is 0.299 e. The number of nitrogens with one attached hydrogen (secondary N) is 1. The molecule has 0 spiro atoms. The van der Waals surface area contributed by atoms with E-state index in [9.17, 15) is 4.79 Å². The highest BCUT2D eigenvalue weighted by atomic mass is 79.9. The number of rotatable bonds is 3. The average Bonchev–Trinajstić information content (AvgIpc) is 2.60. The molecule has 2 rings (SSSR count). The first-order chi connectivity index (χ1) is 7.69. The Balaban J connectivity index is 2.26. The van der Waals surface area contributed by atoms with Gasteiger partial charge >= 0.3 is 0 Å². The van der Waals surface area contributed by atoms with E-state index in [1.54, 1.807) is 10.7 Å². The van der Waals surface area contributed by atoms with Crippen LogP contribution in [0.5, 0.6) is 0 Å². The summed E-state index contributed by atoms with van der Waals surface area (Å²) < 4.78 is 2.65. The number of H-pyrrole nitrogens is 1. The second-order valence-electron chi connectivity index (χ2n) is 3.69. The van der Waals surface area contributed by atoms with Gasteiger partial charge in [-0.05, 0) is 24.1 Å². The molecule has 3 nitrogen and oxygen atoms in total. The van der Waals surface area contributed by atoms with Crippen molar-refractivity contribution in [1.29, 1.82) is 0 Å². The number of aromatic nitrogens is 2. The molecule has 0 atom stereocenters. The van der Waals surface area contributed by atoms with Crippen molar-refractivity contribution in [3.63, 3.8) is 0 Å². The molecule has 0 radical (unpaired) electrons. The van der Waals surface area contributed by atoms with Gasteiger partial charge in [0.1, 0.15) is 0 Å². The van der Waals surface area contributed by atoms with Crippen LogP contribution in [0.2, 0.25) is 0 Å². The number of nitrogens with zero attached hydrogens (tertiary/aromatic N) is 1. The number of hydrogen-bond donors (Lipinski definition) is 1. The van der Waals surface area contributed by atoms with E-state index >= 15 is 0 Å². The number of hydrogen-bond acceptors (Lipinski definition) is 1. The van der Waals surface area contributed by atoms with E-state index in [0.29, 0.717) is 6.54 Å². The van der Waals surface area contributed by atoms with Crippen molar-refractivity contribution in [2.45, 2.75) is 19.9 Å². The van der Waals surface area contributed by atoms with Crippen LogP contribution in [0.25, 0.3) is 0 Å². The van der Waals surface area contributed by atoms with Crippen LogP contribution in [0.1, 0.15) is 18.2 Å². The molecule has 0 amide bonds. The first-order valence-electron chi connectivity index (χ1n) is 5.22. The Labute approximate surface area is 102 Å². The van der Waals surface area contributed by atoms with Gasteiger partial charge in [-0.1, -0.05) is 35.0 Å². The van der Waals surface area contributed by atoms with Crippen LogP contribution in [0.15, 0.2) is 39.6 Å². The predicted molar refractivity (Wildman–Crippen MR) is 67.7 cm³/mol. The minimum atomic E-state index is 0.0248. The van der Waals surface area contributed by atoms with Gasteiger partial charge in [0.05, 0.1) is 6.54 Å². The van der Waals surface area contributed by atoms with Crippen molar-refractivity contribution < 1.29 is 0 Å². The molecule has 0 aliphatic carbocycles. The maximum atomic E-state index is 11.6. The third-order valence-electron chi connectivity index (χ3n) is 2.45. The van der Waals surface area contributed by atoms with E-state index in [4.69, 9.17) is 0 Å². The summed E-state index contributed by atoms with van der Waals surface area (Å²) in [7, 11) is 0. The van der Waals surface area contributed by atoms with Crippen molar-refractivity contribution >= 4 is 15.9 Å². The van der Waals surface area contributed by atoms with Gasteiger partial charge in [-0.3, -0.25) is 9.89 Å². The smallest absolute Gasteiger partial charge is 0.267 e. The van der Waals surface area contributed by atoms with Crippen LogP contribution < -0.4 is 5.56 Å². The topological polar surface area (TPSA) is 37.8 Å². The van der Waals surface area contributed by atoms with E-state index in [1.807, 2.05) is 31.2 Å². The van der Waals surface area contributed by atoms with Gasteiger partial charge in [0.15, 0.2) is 0 Å². The second kappa shape index (κ2) is 4.70. The van der Waals surface area contributed by atoms with Crippen molar-refractivity contribution in [2.24, 2.45) is 0 Å². The molecule has 1 aromatic carbocycles. The number of halogens is 1. The average molecular weight is 281 g/mol. The van der Waals surface area contributed by atoms with Crippen LogP contribution >= 0.6 is 15.9 Å². The highest BCUT2D eigenvalue weighted by Gasteiger charge is 2.02. The lowest BCUT2D eigenvalue weighted by Crippen LogP contribution is -2.16. The fourth-order valence-electron chi connectivity index (χ4n) is 1.60. The summed E-state index contributed by atoms with van der Waals surface area (Å²) in [6.07, 6.45) is 0.848. The molecule has 2 aromatic rings. The van der Waals surface area contributed by atoms with E-state index in [1.165, 1.54) is 0 Å². The Morgan fingerprint density at radius 2 is 2.19 bits per heavy atom. The Bertz CT molecular complexity index is 542. The molecule has 16 heavy (non-hydrogen) atoms. The molecule has 0 bridgehead atoms. The quantitative estimate of drug-likeness (QED) is 0.922. The Hall–Kier alpha value is -1.29. The lowest BCUT2D eigenvalue weighted by Gasteiger charge is -2.02. The summed E-state index contributed by atoms with van der Waals surface area (Å²) in [5.41, 5.74) is 2.10. The summed E-state index contributed by atoms with van der Waals surface area (Å²) in [5.74, 6) is 0. The third-order valence-corrected chi connectivity index (χ3v) is 2.95. The molecule has 0 saturated carbocycles. The maximum Gasteiger partial charge on any atom is 0.267 e. The highest BCUT2D eigenvalue weighted by molar-refractivity contribution is 9.10. The van der Waals surface area contributed by atoms with Crippen molar-refractivity contribution in [2.75, 3.05) is 0 Å². The first-order valence-corrected chi connectivity index (χ1v) is 6.01. The monoisotopic (exact) mass is 280 g/mol. The van der Waals surface area contributed by atoms with Gasteiger partial charge in [0.2, 0.25) is 0 Å². The zero-order chi connectivity index (χ0) is 11.5. The molecule has 0 aliphatic rings. The summed E-state index contributed by atoms with van der Waals surface area (Å²) in [4.78, 5) is 11.6. The second-order valence-corrected chi connectivity index (χ2v) is 4.60. The molecule has 84 valence electrons. The highest BCUT2D eigenvalue weighted by Crippen LogP contribution is 2.12. The molecule has 0 unspecified atom stereocenters. The van der Waals surface area contributed by atoms with Crippen LogP contribution in [-0.4, -0.2) is 9.78 Å². The lowest BCUT2D eigenvalue weighted by atomic mass is 10.2. The van der Waals surface area contributed by atoms with Crippen molar-refractivity contribution in [3.05, 3.63) is 56.4 Å². The number of aromatic amines is 1. The summed E-state index contributed by atoms with van der Waals surface area (Å²) in [6.45, 7) is 2.60. The molecule has 4 heteroatoms. The molecular formula is C12H13BrN2O. The Morgan fingerprint density at radius 3 is 2.81 bits per heavy atom. The SMILES string of the molecule is CCc1cc(=O)n(Cc2cccc(Br)c2)[nH]1. The first kappa shape index (κ1) is 11.2. The minimum Gasteiger partial charge on any atom is -0.299 e. The van der Waals surface area contributed by atoms with Crippen molar-refractivity contribution in [1.82, 2.24) is 9.78 Å². The molecule has 0 saturated heterocycles. The third kappa shape index (κ3) is 2.44. The zero-order valence-electron chi connectivity index (χ0n) is 9.03. The van der Waals surface area contributed by atoms with Gasteiger partial charge in [0.25, 0.3) is 5.56 Å². The van der Waals surface area contributed by atoms with Gasteiger partial charge < -0.3 is 0 Å². The van der Waals surface area contributed by atoms with Crippen LogP contribution in [0, 0.1) is 0 Å². The van der Waals surface area contributed by atoms with Gasteiger partial charge in [-0.2, -0.15) is 0 Å². The minimum absolute atomic E-state index is 0.0248. The summed E-state index contributed by atoms with van der Waals surface area (Å²) >= 11 is 3.42. The molecule has 0 aliphatic heterocycles. The van der Waals surface area contributed by atoms with E-state index in [2.05, 4.69) is 21.0 Å². The lowest BCUT2D eigenvalue weighted by molar-refractivity contribution is 0.652. The van der Waals surface area contributed by atoms with Gasteiger partial charge in [0, 0.05) is 16.2 Å². The number of benzene rings is 1. The molecule has 1 heterocycles. The predicted octanol–water partition coefficient (Wildman–Crippen LogP) is 2.55.